The summed E-state index contributed by atoms with van der Waals surface area (Å²) in [5.41, 5.74) is 7.66. The molecule has 1 amide bonds. The minimum Gasteiger partial charge on any atom is -0.379 e. The Bertz CT molecular complexity index is 519. The fourth-order valence-corrected chi connectivity index (χ4v) is 1.33. The lowest BCUT2D eigenvalue weighted by Crippen LogP contribution is -2.15. The average molecular weight is 232 g/mol. The predicted molar refractivity (Wildman–Crippen MR) is 62.2 cm³/mol. The highest BCUT2D eigenvalue weighted by molar-refractivity contribution is 5.92. The molecule has 1 aromatic heterocycles. The van der Waals surface area contributed by atoms with Crippen LogP contribution in [0.4, 0.5) is 11.5 Å². The number of nitrogen functional groups attached to an aromatic ring is 1. The second-order valence-electron chi connectivity index (χ2n) is 3.69. The van der Waals surface area contributed by atoms with Crippen LogP contribution in [0, 0.1) is 6.92 Å². The summed E-state index contributed by atoms with van der Waals surface area (Å²) in [6, 6.07) is 7.50. The summed E-state index contributed by atoms with van der Waals surface area (Å²) in [6.07, 6.45) is 0.0449. The molecule has 2 aromatic rings. The Balaban J connectivity index is 1.98. The van der Waals surface area contributed by atoms with Gasteiger partial charge in [-0.05, 0) is 24.2 Å². The van der Waals surface area contributed by atoms with Gasteiger partial charge < -0.3 is 11.1 Å². The van der Waals surface area contributed by atoms with Crippen LogP contribution >= 0.6 is 0 Å². The van der Waals surface area contributed by atoms with Crippen molar-refractivity contribution in [2.75, 3.05) is 11.1 Å². The third kappa shape index (κ3) is 2.81. The van der Waals surface area contributed by atoms with Gasteiger partial charge in [-0.2, -0.15) is 0 Å². The molecule has 0 saturated heterocycles. The largest absolute Gasteiger partial charge is 0.379 e. The molecule has 0 aliphatic carbocycles. The number of amides is 1. The van der Waals surface area contributed by atoms with Crippen LogP contribution in [0.3, 0.4) is 0 Å². The lowest BCUT2D eigenvalue weighted by atomic mass is 10.2. The number of carbonyl (C=O) groups is 1. The number of aromatic nitrogens is 2. The maximum absolute atomic E-state index is 11.6. The summed E-state index contributed by atoms with van der Waals surface area (Å²) in [6.45, 7) is 1.98. The van der Waals surface area contributed by atoms with Crippen molar-refractivity contribution in [1.82, 2.24) is 10.3 Å². The van der Waals surface area contributed by atoms with E-state index in [9.17, 15) is 4.79 Å². The fourth-order valence-electron chi connectivity index (χ4n) is 1.33. The van der Waals surface area contributed by atoms with Crippen molar-refractivity contribution in [3.8, 4) is 0 Å². The summed E-state index contributed by atoms with van der Waals surface area (Å²) in [5.74, 6) is -0.0692. The van der Waals surface area contributed by atoms with Gasteiger partial charge in [-0.15, -0.1) is 0 Å². The van der Waals surface area contributed by atoms with Crippen LogP contribution in [-0.2, 0) is 11.2 Å². The molecule has 0 atom stereocenters. The molecule has 0 fully saturated rings. The first kappa shape index (κ1) is 11.1. The minimum absolute atomic E-state index is 0.0449. The summed E-state index contributed by atoms with van der Waals surface area (Å²) in [7, 11) is 0. The number of carbonyl (C=O) groups excluding carboxylic acids is 1. The monoisotopic (exact) mass is 232 g/mol. The molecule has 88 valence electrons. The summed E-state index contributed by atoms with van der Waals surface area (Å²) < 4.78 is 4.41. The number of hydrogen-bond acceptors (Lipinski definition) is 5. The SMILES string of the molecule is Cc1ccc(NC(=O)Cc2nonc2N)cc1. The second-order valence-corrected chi connectivity index (χ2v) is 3.69. The molecule has 1 aromatic carbocycles. The number of anilines is 2. The van der Waals surface area contributed by atoms with Crippen molar-refractivity contribution in [3.63, 3.8) is 0 Å². The molecular formula is C11H12N4O2. The van der Waals surface area contributed by atoms with Crippen molar-refractivity contribution in [2.24, 2.45) is 0 Å². The highest BCUT2D eigenvalue weighted by Crippen LogP contribution is 2.10. The minimum atomic E-state index is -0.212. The van der Waals surface area contributed by atoms with Crippen LogP contribution in [0.25, 0.3) is 0 Å². The highest BCUT2D eigenvalue weighted by atomic mass is 16.6. The summed E-state index contributed by atoms with van der Waals surface area (Å²) in [4.78, 5) is 11.6. The van der Waals surface area contributed by atoms with Gasteiger partial charge >= 0.3 is 0 Å². The predicted octanol–water partition coefficient (Wildman–Crippen LogP) is 1.14. The average Bonchev–Trinajstić information content (AvgIpc) is 2.68. The first-order valence-corrected chi connectivity index (χ1v) is 5.08. The Morgan fingerprint density at radius 2 is 2.06 bits per heavy atom. The molecule has 1 heterocycles. The Labute approximate surface area is 97.8 Å². The van der Waals surface area contributed by atoms with Crippen LogP contribution in [0.5, 0.6) is 0 Å². The number of nitrogens with zero attached hydrogens (tertiary/aromatic N) is 2. The Morgan fingerprint density at radius 1 is 1.35 bits per heavy atom. The van der Waals surface area contributed by atoms with Crippen molar-refractivity contribution in [3.05, 3.63) is 35.5 Å². The van der Waals surface area contributed by atoms with Crippen LogP contribution in [0.15, 0.2) is 28.9 Å². The van der Waals surface area contributed by atoms with Crippen LogP contribution in [0.2, 0.25) is 0 Å². The van der Waals surface area contributed by atoms with Gasteiger partial charge in [0.25, 0.3) is 0 Å². The smallest absolute Gasteiger partial charge is 0.230 e. The van der Waals surface area contributed by atoms with E-state index < -0.39 is 0 Å². The Hall–Kier alpha value is -2.37. The topological polar surface area (TPSA) is 94.0 Å². The molecule has 6 nitrogen and oxygen atoms in total. The zero-order chi connectivity index (χ0) is 12.3. The van der Waals surface area contributed by atoms with Gasteiger partial charge in [0.1, 0.15) is 5.69 Å². The van der Waals surface area contributed by atoms with E-state index in [1.807, 2.05) is 31.2 Å². The third-order valence-corrected chi connectivity index (χ3v) is 2.25. The van der Waals surface area contributed by atoms with E-state index in [-0.39, 0.29) is 18.1 Å². The molecule has 2 rings (SSSR count). The second kappa shape index (κ2) is 4.65. The maximum Gasteiger partial charge on any atom is 0.230 e. The molecule has 0 aliphatic heterocycles. The fraction of sp³-hybridized carbons (Fsp3) is 0.182. The molecular weight excluding hydrogens is 220 g/mol. The maximum atomic E-state index is 11.6. The molecule has 3 N–H and O–H groups in total. The molecule has 0 saturated carbocycles. The van der Waals surface area contributed by atoms with Gasteiger partial charge in [0.2, 0.25) is 5.91 Å². The lowest BCUT2D eigenvalue weighted by Gasteiger charge is -2.03. The van der Waals surface area contributed by atoms with Gasteiger partial charge in [-0.1, -0.05) is 22.9 Å². The molecule has 0 aliphatic rings. The summed E-state index contributed by atoms with van der Waals surface area (Å²) in [5, 5.41) is 9.67. The lowest BCUT2D eigenvalue weighted by molar-refractivity contribution is -0.115. The van der Waals surface area contributed by atoms with Gasteiger partial charge in [0.05, 0.1) is 6.42 Å². The number of benzene rings is 1. The van der Waals surface area contributed by atoms with E-state index in [1.54, 1.807) is 0 Å². The van der Waals surface area contributed by atoms with E-state index in [4.69, 9.17) is 5.73 Å². The highest BCUT2D eigenvalue weighted by Gasteiger charge is 2.11. The van der Waals surface area contributed by atoms with Crippen molar-refractivity contribution in [1.29, 1.82) is 0 Å². The Kier molecular flexibility index (Phi) is 3.04. The number of aryl methyl sites for hydroxylation is 1. The zero-order valence-electron chi connectivity index (χ0n) is 9.30. The van der Waals surface area contributed by atoms with Crippen molar-refractivity contribution >= 4 is 17.4 Å². The van der Waals surface area contributed by atoms with E-state index in [0.29, 0.717) is 5.69 Å². The first-order valence-electron chi connectivity index (χ1n) is 5.08. The molecule has 0 radical (unpaired) electrons. The van der Waals surface area contributed by atoms with Gasteiger partial charge in [-0.25, -0.2) is 4.63 Å². The van der Waals surface area contributed by atoms with Crippen LogP contribution in [-0.4, -0.2) is 16.2 Å². The number of rotatable bonds is 3. The zero-order valence-corrected chi connectivity index (χ0v) is 9.30. The number of nitrogens with two attached hydrogens (primary N) is 1. The summed E-state index contributed by atoms with van der Waals surface area (Å²) >= 11 is 0. The standard InChI is InChI=1S/C11H12N4O2/c1-7-2-4-8(5-3-7)13-10(16)6-9-11(12)15-17-14-9/h2-5H,6H2,1H3,(H2,12,15)(H,13,16). The number of hydrogen-bond donors (Lipinski definition) is 2. The third-order valence-electron chi connectivity index (χ3n) is 2.25. The van der Waals surface area contributed by atoms with Gasteiger partial charge in [0.15, 0.2) is 5.82 Å². The molecule has 6 heteroatoms. The first-order chi connectivity index (χ1) is 8.15. The quantitative estimate of drug-likeness (QED) is 0.827. The van der Waals surface area contributed by atoms with E-state index in [2.05, 4.69) is 20.3 Å². The van der Waals surface area contributed by atoms with Crippen LogP contribution in [0.1, 0.15) is 11.3 Å². The molecule has 0 unspecified atom stereocenters. The van der Waals surface area contributed by atoms with E-state index in [1.165, 1.54) is 0 Å². The number of nitrogens with one attached hydrogen (secondary N) is 1. The van der Waals surface area contributed by atoms with Gasteiger partial charge in [0, 0.05) is 5.69 Å². The molecule has 0 spiro atoms. The van der Waals surface area contributed by atoms with Crippen LogP contribution < -0.4 is 11.1 Å². The van der Waals surface area contributed by atoms with E-state index >= 15 is 0 Å². The van der Waals surface area contributed by atoms with Crippen molar-refractivity contribution < 1.29 is 9.42 Å². The normalized spacial score (nSPS) is 10.2. The Morgan fingerprint density at radius 3 is 2.65 bits per heavy atom. The van der Waals surface area contributed by atoms with E-state index in [0.717, 1.165) is 11.3 Å². The van der Waals surface area contributed by atoms with Gasteiger partial charge in [-0.3, -0.25) is 4.79 Å². The molecule has 17 heavy (non-hydrogen) atoms. The molecule has 0 bridgehead atoms. The van der Waals surface area contributed by atoms with Crippen molar-refractivity contribution in [2.45, 2.75) is 13.3 Å².